The quantitative estimate of drug-likeness (QED) is 0.558. The highest BCUT2D eigenvalue weighted by Gasteiger charge is 2.32. The lowest BCUT2D eigenvalue weighted by atomic mass is 10.0. The highest BCUT2D eigenvalue weighted by Crippen LogP contribution is 2.25. The molecule has 0 spiro atoms. The number of furan rings is 1. The average molecular weight is 438 g/mol. The van der Waals surface area contributed by atoms with Crippen molar-refractivity contribution in [3.8, 4) is 0 Å². The van der Waals surface area contributed by atoms with Crippen LogP contribution in [0.1, 0.15) is 60.3 Å². The fourth-order valence-electron chi connectivity index (χ4n) is 4.00. The first kappa shape index (κ1) is 23.3. The van der Waals surface area contributed by atoms with Gasteiger partial charge in [-0.2, -0.15) is 0 Å². The number of benzene rings is 1. The molecule has 7 nitrogen and oxygen atoms in total. The Balaban J connectivity index is 1.81. The molecule has 1 heterocycles. The maximum absolute atomic E-state index is 13.4. The van der Waals surface area contributed by atoms with E-state index in [9.17, 15) is 14.4 Å². The lowest BCUT2D eigenvalue weighted by Gasteiger charge is -2.31. The third kappa shape index (κ3) is 5.87. The molecule has 1 saturated carbocycles. The predicted molar refractivity (Wildman–Crippen MR) is 122 cm³/mol. The van der Waals surface area contributed by atoms with E-state index in [1.54, 1.807) is 12.1 Å². The largest absolute Gasteiger partial charge is 0.459 e. The zero-order valence-corrected chi connectivity index (χ0v) is 18.5. The van der Waals surface area contributed by atoms with Crippen LogP contribution in [0.2, 0.25) is 0 Å². The molecule has 170 valence electrons. The first-order chi connectivity index (χ1) is 15.5. The maximum Gasteiger partial charge on any atom is 0.287 e. The van der Waals surface area contributed by atoms with Crippen LogP contribution in [-0.2, 0) is 16.0 Å². The van der Waals surface area contributed by atoms with Crippen LogP contribution < -0.4 is 10.6 Å². The van der Waals surface area contributed by atoms with Gasteiger partial charge in [-0.05, 0) is 42.5 Å². The zero-order chi connectivity index (χ0) is 22.9. The van der Waals surface area contributed by atoms with Gasteiger partial charge in [-0.3, -0.25) is 14.4 Å². The first-order valence-corrected chi connectivity index (χ1v) is 11.1. The third-order valence-corrected chi connectivity index (χ3v) is 5.76. The Morgan fingerprint density at radius 1 is 1.19 bits per heavy atom. The van der Waals surface area contributed by atoms with Crippen molar-refractivity contribution in [3.63, 3.8) is 0 Å². The van der Waals surface area contributed by atoms with Gasteiger partial charge in [0.2, 0.25) is 11.8 Å². The van der Waals surface area contributed by atoms with Crippen molar-refractivity contribution in [1.82, 2.24) is 15.5 Å². The minimum Gasteiger partial charge on any atom is -0.459 e. The van der Waals surface area contributed by atoms with Gasteiger partial charge >= 0.3 is 0 Å². The number of hydrogen-bond acceptors (Lipinski definition) is 4. The molecule has 0 radical (unpaired) electrons. The van der Waals surface area contributed by atoms with Crippen LogP contribution in [-0.4, -0.2) is 41.8 Å². The fourth-order valence-corrected chi connectivity index (χ4v) is 4.00. The van der Waals surface area contributed by atoms with E-state index >= 15 is 0 Å². The van der Waals surface area contributed by atoms with Crippen molar-refractivity contribution in [2.45, 2.75) is 51.1 Å². The maximum atomic E-state index is 13.4. The summed E-state index contributed by atoms with van der Waals surface area (Å²) in [6, 6.07) is 10.2. The summed E-state index contributed by atoms with van der Waals surface area (Å²) in [5.74, 6) is -0.954. The summed E-state index contributed by atoms with van der Waals surface area (Å²) in [6.45, 7) is 5.74. The Morgan fingerprint density at radius 3 is 2.50 bits per heavy atom. The minimum absolute atomic E-state index is 0.124. The van der Waals surface area contributed by atoms with Gasteiger partial charge in [0.1, 0.15) is 6.04 Å². The van der Waals surface area contributed by atoms with E-state index in [1.165, 1.54) is 17.2 Å². The summed E-state index contributed by atoms with van der Waals surface area (Å²) in [5.41, 5.74) is 1.88. The Labute approximate surface area is 188 Å². The van der Waals surface area contributed by atoms with Crippen molar-refractivity contribution in [1.29, 1.82) is 0 Å². The molecule has 1 unspecified atom stereocenters. The van der Waals surface area contributed by atoms with E-state index in [0.29, 0.717) is 0 Å². The number of rotatable bonds is 10. The Kier molecular flexibility index (Phi) is 8.25. The molecular formula is C25H31N3O4. The van der Waals surface area contributed by atoms with Crippen molar-refractivity contribution < 1.29 is 18.8 Å². The van der Waals surface area contributed by atoms with Crippen LogP contribution in [0.5, 0.6) is 0 Å². The molecule has 1 aliphatic carbocycles. The van der Waals surface area contributed by atoms with Gasteiger partial charge in [0.15, 0.2) is 5.76 Å². The highest BCUT2D eigenvalue weighted by atomic mass is 16.3. The fraction of sp³-hybridized carbons (Fsp3) is 0.400. The number of aryl methyl sites for hydroxylation is 1. The predicted octanol–water partition coefficient (Wildman–Crippen LogP) is 3.39. The molecule has 3 rings (SSSR count). The van der Waals surface area contributed by atoms with Crippen molar-refractivity contribution in [2.24, 2.45) is 0 Å². The van der Waals surface area contributed by atoms with Crippen molar-refractivity contribution in [3.05, 3.63) is 72.2 Å². The smallest absolute Gasteiger partial charge is 0.287 e. The summed E-state index contributed by atoms with van der Waals surface area (Å²) >= 11 is 0. The second-order valence-electron chi connectivity index (χ2n) is 7.98. The van der Waals surface area contributed by atoms with Gasteiger partial charge in [-0.1, -0.05) is 50.1 Å². The van der Waals surface area contributed by atoms with Gasteiger partial charge < -0.3 is 20.0 Å². The molecule has 7 heteroatoms. The standard InChI is InChI=1S/C25H31N3O4/c1-3-15-28(22(29)17-26-24(30)21-10-7-16-32-21)23(19-13-11-18(4-2)12-14-19)25(31)27-20-8-5-6-9-20/h3,7,10-14,16,20,23H,1,4-6,8-9,15,17H2,2H3,(H,26,30)(H,27,31). The summed E-state index contributed by atoms with van der Waals surface area (Å²) in [6.07, 6.45) is 7.94. The monoisotopic (exact) mass is 437 g/mol. The van der Waals surface area contributed by atoms with Crippen molar-refractivity contribution >= 4 is 17.7 Å². The van der Waals surface area contributed by atoms with Gasteiger partial charge in [0.05, 0.1) is 12.8 Å². The molecule has 1 aliphatic rings. The Bertz CT molecular complexity index is 915. The molecule has 2 N–H and O–H groups in total. The minimum atomic E-state index is -0.812. The van der Waals surface area contributed by atoms with E-state index in [2.05, 4.69) is 24.1 Å². The summed E-state index contributed by atoms with van der Waals surface area (Å²) in [7, 11) is 0. The average Bonchev–Trinajstić information content (AvgIpc) is 3.52. The van der Waals surface area contributed by atoms with Gasteiger partial charge in [0.25, 0.3) is 5.91 Å². The van der Waals surface area contributed by atoms with Crippen LogP contribution in [0, 0.1) is 0 Å². The lowest BCUT2D eigenvalue weighted by Crippen LogP contribution is -2.48. The molecule has 32 heavy (non-hydrogen) atoms. The Hall–Kier alpha value is -3.35. The summed E-state index contributed by atoms with van der Waals surface area (Å²) < 4.78 is 5.07. The number of nitrogens with zero attached hydrogens (tertiary/aromatic N) is 1. The molecule has 1 aromatic heterocycles. The van der Waals surface area contributed by atoms with E-state index in [-0.39, 0.29) is 36.7 Å². The molecule has 0 aliphatic heterocycles. The molecule has 1 aromatic carbocycles. The number of carbonyl (C=O) groups is 3. The third-order valence-electron chi connectivity index (χ3n) is 5.76. The molecule has 1 fully saturated rings. The highest BCUT2D eigenvalue weighted by molar-refractivity contribution is 5.95. The Morgan fingerprint density at radius 2 is 1.91 bits per heavy atom. The zero-order valence-electron chi connectivity index (χ0n) is 18.5. The van der Waals surface area contributed by atoms with Crippen LogP contribution in [0.3, 0.4) is 0 Å². The first-order valence-electron chi connectivity index (χ1n) is 11.1. The van der Waals surface area contributed by atoms with Crippen LogP contribution >= 0.6 is 0 Å². The van der Waals surface area contributed by atoms with Crippen LogP contribution in [0.15, 0.2) is 59.7 Å². The molecule has 1 atom stereocenters. The summed E-state index contributed by atoms with van der Waals surface area (Å²) in [5, 5.41) is 5.69. The van der Waals surface area contributed by atoms with E-state index < -0.39 is 11.9 Å². The summed E-state index contributed by atoms with van der Waals surface area (Å²) in [4.78, 5) is 40.1. The number of carbonyl (C=O) groups excluding carboxylic acids is 3. The topological polar surface area (TPSA) is 91.7 Å². The van der Waals surface area contributed by atoms with Crippen LogP contribution in [0.4, 0.5) is 0 Å². The van der Waals surface area contributed by atoms with E-state index in [4.69, 9.17) is 4.42 Å². The van der Waals surface area contributed by atoms with E-state index in [0.717, 1.165) is 43.2 Å². The van der Waals surface area contributed by atoms with Gasteiger partial charge in [0, 0.05) is 12.6 Å². The molecule has 3 amide bonds. The number of hydrogen-bond donors (Lipinski definition) is 2. The van der Waals surface area contributed by atoms with Crippen LogP contribution in [0.25, 0.3) is 0 Å². The second-order valence-corrected chi connectivity index (χ2v) is 7.98. The molecule has 0 saturated heterocycles. The number of amides is 3. The molecule has 0 bridgehead atoms. The van der Waals surface area contributed by atoms with E-state index in [1.807, 2.05) is 24.3 Å². The molecular weight excluding hydrogens is 406 g/mol. The SMILES string of the molecule is C=CCN(C(=O)CNC(=O)c1ccco1)C(C(=O)NC1CCCC1)c1ccc(CC)cc1. The van der Waals surface area contributed by atoms with Gasteiger partial charge in [-0.25, -0.2) is 0 Å². The van der Waals surface area contributed by atoms with Gasteiger partial charge in [-0.15, -0.1) is 6.58 Å². The molecule has 2 aromatic rings. The lowest BCUT2D eigenvalue weighted by molar-refractivity contribution is -0.139. The second kappa shape index (κ2) is 11.3. The normalized spacial score (nSPS) is 14.5. The van der Waals surface area contributed by atoms with Crippen molar-refractivity contribution in [2.75, 3.05) is 13.1 Å². The number of nitrogens with one attached hydrogen (secondary N) is 2.